The topological polar surface area (TPSA) is 54.0 Å². The zero-order valence-corrected chi connectivity index (χ0v) is 17.8. The van der Waals surface area contributed by atoms with Gasteiger partial charge in [0.05, 0.1) is 24.7 Å². The van der Waals surface area contributed by atoms with E-state index in [1.807, 2.05) is 82.3 Å². The van der Waals surface area contributed by atoms with E-state index in [9.17, 15) is 4.79 Å². The summed E-state index contributed by atoms with van der Waals surface area (Å²) in [6.45, 7) is 8.51. The highest BCUT2D eigenvalue weighted by atomic mass is 16.7. The fraction of sp³-hybridized carbons (Fsp3) is 0.435. The maximum absolute atomic E-state index is 12.0. The average molecular weight is 396 g/mol. The summed E-state index contributed by atoms with van der Waals surface area (Å²) < 4.78 is 23.2. The van der Waals surface area contributed by atoms with Crippen LogP contribution in [0.4, 0.5) is 0 Å². The molecular formula is C23H29BO5. The Morgan fingerprint density at radius 1 is 0.966 bits per heavy atom. The molecule has 0 N–H and O–H groups in total. The highest BCUT2D eigenvalue weighted by Crippen LogP contribution is 2.42. The van der Waals surface area contributed by atoms with E-state index in [0.29, 0.717) is 6.61 Å². The van der Waals surface area contributed by atoms with Gasteiger partial charge in [0, 0.05) is 5.82 Å². The quantitative estimate of drug-likeness (QED) is 0.508. The lowest BCUT2D eigenvalue weighted by Gasteiger charge is -2.32. The molecule has 1 saturated heterocycles. The van der Waals surface area contributed by atoms with Gasteiger partial charge in [-0.3, -0.25) is 4.79 Å². The van der Waals surface area contributed by atoms with Gasteiger partial charge in [-0.05, 0) is 51.0 Å². The molecule has 1 heterocycles. The van der Waals surface area contributed by atoms with Crippen LogP contribution in [0.25, 0.3) is 0 Å². The second kappa shape index (κ2) is 8.60. The minimum Gasteiger partial charge on any atom is -0.489 e. The average Bonchev–Trinajstić information content (AvgIpc) is 2.92. The molecule has 6 heteroatoms. The van der Waals surface area contributed by atoms with Crippen molar-refractivity contribution in [2.75, 3.05) is 7.11 Å². The number of hydrogen-bond acceptors (Lipinski definition) is 5. The summed E-state index contributed by atoms with van der Waals surface area (Å²) in [5.74, 6) is 0.198. The zero-order valence-electron chi connectivity index (χ0n) is 17.8. The van der Waals surface area contributed by atoms with Crippen LogP contribution in [0.3, 0.4) is 0 Å². The molecule has 5 nitrogen and oxygen atoms in total. The first-order valence-corrected chi connectivity index (χ1v) is 9.91. The van der Waals surface area contributed by atoms with Crippen LogP contribution in [0.15, 0.2) is 54.6 Å². The zero-order chi connectivity index (χ0) is 21.1. The Labute approximate surface area is 173 Å². The fourth-order valence-corrected chi connectivity index (χ4v) is 3.24. The fourth-order valence-electron chi connectivity index (χ4n) is 3.24. The van der Waals surface area contributed by atoms with Gasteiger partial charge in [0.15, 0.2) is 0 Å². The molecule has 0 bridgehead atoms. The van der Waals surface area contributed by atoms with Crippen LogP contribution < -0.4 is 4.74 Å². The van der Waals surface area contributed by atoms with Gasteiger partial charge in [-0.25, -0.2) is 0 Å². The van der Waals surface area contributed by atoms with Gasteiger partial charge in [0.25, 0.3) is 0 Å². The molecule has 29 heavy (non-hydrogen) atoms. The third-order valence-corrected chi connectivity index (χ3v) is 5.77. The lowest BCUT2D eigenvalue weighted by atomic mass is 9.66. The van der Waals surface area contributed by atoms with Crippen molar-refractivity contribution < 1.29 is 23.6 Å². The maximum atomic E-state index is 12.0. The van der Waals surface area contributed by atoms with Crippen LogP contribution in [-0.4, -0.2) is 31.4 Å². The third-order valence-electron chi connectivity index (χ3n) is 5.77. The molecule has 0 aromatic heterocycles. The number of hydrogen-bond donors (Lipinski definition) is 0. The van der Waals surface area contributed by atoms with Crippen molar-refractivity contribution in [1.82, 2.24) is 0 Å². The van der Waals surface area contributed by atoms with E-state index in [4.69, 9.17) is 18.8 Å². The predicted molar refractivity (Wildman–Crippen MR) is 113 cm³/mol. The Morgan fingerprint density at radius 3 is 2.10 bits per heavy atom. The Kier molecular flexibility index (Phi) is 6.34. The molecular weight excluding hydrogens is 367 g/mol. The van der Waals surface area contributed by atoms with Crippen molar-refractivity contribution in [3.8, 4) is 5.75 Å². The van der Waals surface area contributed by atoms with E-state index in [2.05, 4.69) is 0 Å². The Bertz CT molecular complexity index is 801. The largest absolute Gasteiger partial charge is 0.489 e. The molecule has 0 saturated carbocycles. The van der Waals surface area contributed by atoms with E-state index < -0.39 is 18.3 Å². The van der Waals surface area contributed by atoms with E-state index in [-0.39, 0.29) is 18.2 Å². The summed E-state index contributed by atoms with van der Waals surface area (Å²) in [6.07, 6.45) is 0.178. The second-order valence-corrected chi connectivity index (χ2v) is 8.35. The van der Waals surface area contributed by atoms with Crippen molar-refractivity contribution in [1.29, 1.82) is 0 Å². The van der Waals surface area contributed by atoms with Gasteiger partial charge in [0.2, 0.25) is 0 Å². The van der Waals surface area contributed by atoms with Crippen molar-refractivity contribution in [3.63, 3.8) is 0 Å². The van der Waals surface area contributed by atoms with Crippen LogP contribution in [-0.2, 0) is 25.4 Å². The monoisotopic (exact) mass is 396 g/mol. The Morgan fingerprint density at radius 2 is 1.55 bits per heavy atom. The minimum absolute atomic E-state index is 0.178. The molecule has 1 aliphatic rings. The summed E-state index contributed by atoms with van der Waals surface area (Å²) in [4.78, 5) is 12.0. The van der Waals surface area contributed by atoms with Crippen molar-refractivity contribution in [2.45, 2.75) is 57.7 Å². The lowest BCUT2D eigenvalue weighted by molar-refractivity contribution is -0.140. The molecule has 2 aromatic carbocycles. The summed E-state index contributed by atoms with van der Waals surface area (Å²) in [6, 6.07) is 17.8. The number of carbonyl (C=O) groups is 1. The number of ether oxygens (including phenoxy) is 2. The van der Waals surface area contributed by atoms with Gasteiger partial charge in [-0.1, -0.05) is 42.5 Å². The molecule has 154 valence electrons. The number of benzene rings is 2. The molecule has 0 spiro atoms. The SMILES string of the molecule is COC(=O)CC(B1OC(C)(C)C(C)(C)O1)c1ccc(OCc2ccccc2)cc1. The minimum atomic E-state index is -0.532. The highest BCUT2D eigenvalue weighted by Gasteiger charge is 2.54. The second-order valence-electron chi connectivity index (χ2n) is 8.35. The molecule has 3 rings (SSSR count). The first-order valence-electron chi connectivity index (χ1n) is 9.91. The molecule has 1 aliphatic heterocycles. The highest BCUT2D eigenvalue weighted by molar-refractivity contribution is 6.48. The van der Waals surface area contributed by atoms with Crippen molar-refractivity contribution in [2.24, 2.45) is 0 Å². The number of rotatable bonds is 7. The first kappa shape index (κ1) is 21.4. The Hall–Kier alpha value is -2.31. The number of esters is 1. The van der Waals surface area contributed by atoms with E-state index in [1.165, 1.54) is 7.11 Å². The van der Waals surface area contributed by atoms with E-state index in [0.717, 1.165) is 16.9 Å². The molecule has 0 aliphatic carbocycles. The molecule has 0 radical (unpaired) electrons. The summed E-state index contributed by atoms with van der Waals surface area (Å²) in [5, 5.41) is 0. The van der Waals surface area contributed by atoms with Crippen LogP contribution in [0, 0.1) is 0 Å². The van der Waals surface area contributed by atoms with E-state index in [1.54, 1.807) is 0 Å². The number of carbonyl (C=O) groups excluding carboxylic acids is 1. The third kappa shape index (κ3) is 5.00. The van der Waals surface area contributed by atoms with Gasteiger partial charge >= 0.3 is 13.1 Å². The van der Waals surface area contributed by atoms with Crippen molar-refractivity contribution in [3.05, 3.63) is 65.7 Å². The van der Waals surface area contributed by atoms with Crippen LogP contribution in [0.5, 0.6) is 5.75 Å². The Balaban J connectivity index is 1.75. The molecule has 1 fully saturated rings. The van der Waals surface area contributed by atoms with Crippen LogP contribution in [0.1, 0.15) is 51.1 Å². The molecule has 1 atom stereocenters. The van der Waals surface area contributed by atoms with Gasteiger partial charge in [0.1, 0.15) is 12.4 Å². The molecule has 2 aromatic rings. The lowest BCUT2D eigenvalue weighted by Crippen LogP contribution is -2.41. The molecule has 0 amide bonds. The van der Waals surface area contributed by atoms with Crippen LogP contribution >= 0.6 is 0 Å². The summed E-state index contributed by atoms with van der Waals surface area (Å²) in [5.41, 5.74) is 1.12. The maximum Gasteiger partial charge on any atom is 0.466 e. The smallest absolute Gasteiger partial charge is 0.466 e. The number of methoxy groups -OCH3 is 1. The standard InChI is InChI=1S/C23H29BO5/c1-22(2)23(3,4)29-24(28-22)20(15-21(25)26-5)18-11-13-19(14-12-18)27-16-17-9-7-6-8-10-17/h6-14,20H,15-16H2,1-5H3. The first-order chi connectivity index (χ1) is 13.7. The van der Waals surface area contributed by atoms with Crippen molar-refractivity contribution >= 4 is 13.1 Å². The normalized spacial score (nSPS) is 18.3. The van der Waals surface area contributed by atoms with Crippen LogP contribution in [0.2, 0.25) is 0 Å². The predicted octanol–water partition coefficient (Wildman–Crippen LogP) is 4.54. The summed E-state index contributed by atoms with van der Waals surface area (Å²) in [7, 11) is 0.861. The van der Waals surface area contributed by atoms with Gasteiger partial charge in [-0.15, -0.1) is 0 Å². The van der Waals surface area contributed by atoms with E-state index >= 15 is 0 Å². The van der Waals surface area contributed by atoms with Gasteiger partial charge < -0.3 is 18.8 Å². The van der Waals surface area contributed by atoms with Gasteiger partial charge in [-0.2, -0.15) is 0 Å². The summed E-state index contributed by atoms with van der Waals surface area (Å²) >= 11 is 0. The molecule has 1 unspecified atom stereocenters.